The standard InChI is InChI=1S/C12H13N3O/c1-9(11-7-8-14-12(13)15-11)16-10-5-3-2-4-6-10/h2-9H,1H3,(H2,13,14,15). The van der Waals surface area contributed by atoms with Gasteiger partial charge < -0.3 is 10.5 Å². The van der Waals surface area contributed by atoms with Crippen LogP contribution in [0.4, 0.5) is 5.95 Å². The van der Waals surface area contributed by atoms with E-state index >= 15 is 0 Å². The third-order valence-corrected chi connectivity index (χ3v) is 2.17. The molecule has 0 aliphatic rings. The van der Waals surface area contributed by atoms with E-state index in [4.69, 9.17) is 10.5 Å². The maximum Gasteiger partial charge on any atom is 0.220 e. The topological polar surface area (TPSA) is 61.0 Å². The van der Waals surface area contributed by atoms with Crippen LogP contribution in [0.15, 0.2) is 42.6 Å². The molecule has 82 valence electrons. The van der Waals surface area contributed by atoms with Gasteiger partial charge in [-0.25, -0.2) is 9.97 Å². The second kappa shape index (κ2) is 4.61. The van der Waals surface area contributed by atoms with Crippen molar-refractivity contribution < 1.29 is 4.74 Å². The Balaban J connectivity index is 2.12. The lowest BCUT2D eigenvalue weighted by Crippen LogP contribution is -2.07. The summed E-state index contributed by atoms with van der Waals surface area (Å²) in [6.07, 6.45) is 1.48. The van der Waals surface area contributed by atoms with E-state index in [-0.39, 0.29) is 12.1 Å². The van der Waals surface area contributed by atoms with Crippen molar-refractivity contribution in [1.29, 1.82) is 0 Å². The van der Waals surface area contributed by atoms with Crippen LogP contribution in [-0.4, -0.2) is 9.97 Å². The third kappa shape index (κ3) is 2.48. The third-order valence-electron chi connectivity index (χ3n) is 2.17. The number of nitrogen functional groups attached to an aromatic ring is 1. The Hall–Kier alpha value is -2.10. The van der Waals surface area contributed by atoms with E-state index in [1.165, 1.54) is 0 Å². The van der Waals surface area contributed by atoms with Crippen LogP contribution < -0.4 is 10.5 Å². The number of hydrogen-bond acceptors (Lipinski definition) is 4. The summed E-state index contributed by atoms with van der Waals surface area (Å²) in [5.41, 5.74) is 6.29. The van der Waals surface area contributed by atoms with Gasteiger partial charge in [0.2, 0.25) is 5.95 Å². The van der Waals surface area contributed by atoms with E-state index < -0.39 is 0 Å². The highest BCUT2D eigenvalue weighted by Gasteiger charge is 2.08. The quantitative estimate of drug-likeness (QED) is 0.852. The van der Waals surface area contributed by atoms with Crippen LogP contribution in [0.25, 0.3) is 0 Å². The minimum Gasteiger partial charge on any atom is -0.484 e. The zero-order chi connectivity index (χ0) is 11.4. The molecule has 1 aromatic carbocycles. The van der Waals surface area contributed by atoms with Gasteiger partial charge in [0.15, 0.2) is 0 Å². The first-order valence-corrected chi connectivity index (χ1v) is 5.06. The molecule has 0 aliphatic heterocycles. The van der Waals surface area contributed by atoms with Crippen molar-refractivity contribution in [2.75, 3.05) is 5.73 Å². The molecule has 16 heavy (non-hydrogen) atoms. The SMILES string of the molecule is CC(Oc1ccccc1)c1ccnc(N)n1. The molecule has 2 N–H and O–H groups in total. The first-order valence-electron chi connectivity index (χ1n) is 5.06. The fourth-order valence-corrected chi connectivity index (χ4v) is 1.38. The number of rotatable bonds is 3. The van der Waals surface area contributed by atoms with E-state index in [9.17, 15) is 0 Å². The molecule has 1 atom stereocenters. The minimum atomic E-state index is -0.146. The Kier molecular flexibility index (Phi) is 3.00. The monoisotopic (exact) mass is 215 g/mol. The number of ether oxygens (including phenoxy) is 1. The molecular weight excluding hydrogens is 202 g/mol. The van der Waals surface area contributed by atoms with E-state index in [0.717, 1.165) is 11.4 Å². The van der Waals surface area contributed by atoms with Crippen LogP contribution in [-0.2, 0) is 0 Å². The van der Waals surface area contributed by atoms with Gasteiger partial charge in [-0.05, 0) is 25.1 Å². The molecule has 2 aromatic rings. The zero-order valence-corrected chi connectivity index (χ0v) is 9.00. The molecule has 0 radical (unpaired) electrons. The Morgan fingerprint density at radius 1 is 1.19 bits per heavy atom. The summed E-state index contributed by atoms with van der Waals surface area (Å²) in [5.74, 6) is 1.08. The zero-order valence-electron chi connectivity index (χ0n) is 9.00. The number of nitrogens with zero attached hydrogens (tertiary/aromatic N) is 2. The fourth-order valence-electron chi connectivity index (χ4n) is 1.38. The van der Waals surface area contributed by atoms with Crippen molar-refractivity contribution in [3.8, 4) is 5.75 Å². The second-order valence-electron chi connectivity index (χ2n) is 3.41. The molecule has 0 bridgehead atoms. The number of anilines is 1. The van der Waals surface area contributed by atoms with Gasteiger partial charge in [0.1, 0.15) is 11.9 Å². The summed E-state index contributed by atoms with van der Waals surface area (Å²) in [7, 11) is 0. The molecule has 0 saturated heterocycles. The van der Waals surface area contributed by atoms with Gasteiger partial charge in [-0.2, -0.15) is 0 Å². The Bertz CT molecular complexity index is 459. The first-order chi connectivity index (χ1) is 7.75. The molecule has 1 heterocycles. The average molecular weight is 215 g/mol. The van der Waals surface area contributed by atoms with Gasteiger partial charge in [-0.1, -0.05) is 18.2 Å². The molecule has 2 rings (SSSR count). The Labute approximate surface area is 94.1 Å². The first kappa shape index (κ1) is 10.4. The molecule has 1 aromatic heterocycles. The normalized spacial score (nSPS) is 12.1. The summed E-state index contributed by atoms with van der Waals surface area (Å²) < 4.78 is 5.71. The largest absolute Gasteiger partial charge is 0.484 e. The highest BCUT2D eigenvalue weighted by molar-refractivity contribution is 5.23. The van der Waals surface area contributed by atoms with Crippen molar-refractivity contribution in [2.24, 2.45) is 0 Å². The number of hydrogen-bond donors (Lipinski definition) is 1. The lowest BCUT2D eigenvalue weighted by atomic mass is 10.2. The van der Waals surface area contributed by atoms with E-state index in [1.54, 1.807) is 12.3 Å². The van der Waals surface area contributed by atoms with Crippen molar-refractivity contribution in [1.82, 2.24) is 9.97 Å². The van der Waals surface area contributed by atoms with Crippen molar-refractivity contribution >= 4 is 5.95 Å². The average Bonchev–Trinajstić information content (AvgIpc) is 2.30. The van der Waals surface area contributed by atoms with Crippen molar-refractivity contribution in [3.63, 3.8) is 0 Å². The number of nitrogens with two attached hydrogens (primary N) is 1. The lowest BCUT2D eigenvalue weighted by Gasteiger charge is -2.13. The predicted octanol–water partition coefficient (Wildman–Crippen LogP) is 2.20. The highest BCUT2D eigenvalue weighted by Crippen LogP contribution is 2.19. The molecular formula is C12H13N3O. The lowest BCUT2D eigenvalue weighted by molar-refractivity contribution is 0.222. The molecule has 0 fully saturated rings. The van der Waals surface area contributed by atoms with Gasteiger partial charge in [0.05, 0.1) is 5.69 Å². The fraction of sp³-hybridized carbons (Fsp3) is 0.167. The second-order valence-corrected chi connectivity index (χ2v) is 3.41. The number of para-hydroxylation sites is 1. The van der Waals surface area contributed by atoms with Crippen LogP contribution in [0, 0.1) is 0 Å². The predicted molar refractivity (Wildman–Crippen MR) is 61.9 cm³/mol. The van der Waals surface area contributed by atoms with Gasteiger partial charge in [0, 0.05) is 6.20 Å². The molecule has 1 unspecified atom stereocenters. The maximum atomic E-state index is 5.71. The van der Waals surface area contributed by atoms with E-state index in [1.807, 2.05) is 37.3 Å². The van der Waals surface area contributed by atoms with Crippen molar-refractivity contribution in [2.45, 2.75) is 13.0 Å². The van der Waals surface area contributed by atoms with Gasteiger partial charge >= 0.3 is 0 Å². The van der Waals surface area contributed by atoms with Gasteiger partial charge in [-0.15, -0.1) is 0 Å². The molecule has 4 heteroatoms. The van der Waals surface area contributed by atoms with Crippen LogP contribution in [0.2, 0.25) is 0 Å². The Morgan fingerprint density at radius 3 is 2.62 bits per heavy atom. The minimum absolute atomic E-state index is 0.146. The number of aromatic nitrogens is 2. The summed E-state index contributed by atoms with van der Waals surface area (Å²) in [4.78, 5) is 7.95. The van der Waals surface area contributed by atoms with Crippen LogP contribution >= 0.6 is 0 Å². The summed E-state index contributed by atoms with van der Waals surface area (Å²) in [6, 6.07) is 11.4. The summed E-state index contributed by atoms with van der Waals surface area (Å²) in [6.45, 7) is 1.93. The van der Waals surface area contributed by atoms with Gasteiger partial charge in [-0.3, -0.25) is 0 Å². The molecule has 4 nitrogen and oxygen atoms in total. The van der Waals surface area contributed by atoms with E-state index in [0.29, 0.717) is 0 Å². The molecule has 0 aliphatic carbocycles. The smallest absolute Gasteiger partial charge is 0.220 e. The molecule has 0 saturated carbocycles. The summed E-state index contributed by atoms with van der Waals surface area (Å²) >= 11 is 0. The van der Waals surface area contributed by atoms with E-state index in [2.05, 4.69) is 9.97 Å². The maximum absolute atomic E-state index is 5.71. The summed E-state index contributed by atoms with van der Waals surface area (Å²) in [5, 5.41) is 0. The molecule has 0 amide bonds. The highest BCUT2D eigenvalue weighted by atomic mass is 16.5. The van der Waals surface area contributed by atoms with Crippen molar-refractivity contribution in [3.05, 3.63) is 48.3 Å². The van der Waals surface area contributed by atoms with Gasteiger partial charge in [0.25, 0.3) is 0 Å². The number of benzene rings is 1. The van der Waals surface area contributed by atoms with Crippen LogP contribution in [0.5, 0.6) is 5.75 Å². The Morgan fingerprint density at radius 2 is 1.94 bits per heavy atom. The molecule has 0 spiro atoms. The van der Waals surface area contributed by atoms with Crippen LogP contribution in [0.1, 0.15) is 18.7 Å². The van der Waals surface area contributed by atoms with Crippen LogP contribution in [0.3, 0.4) is 0 Å².